The van der Waals surface area contributed by atoms with Crippen LogP contribution in [0.3, 0.4) is 0 Å². The number of rotatable bonds is 7. The number of ether oxygens (including phenoxy) is 2. The third kappa shape index (κ3) is 3.35. The lowest BCUT2D eigenvalue weighted by molar-refractivity contribution is 0.351. The summed E-state index contributed by atoms with van der Waals surface area (Å²) in [6.07, 6.45) is 2.59. The fraction of sp³-hybridized carbons (Fsp3) is 0.500. The molecule has 1 aliphatic rings. The first-order chi connectivity index (χ1) is 11.2. The van der Waals surface area contributed by atoms with Crippen LogP contribution in [0.2, 0.25) is 0 Å². The summed E-state index contributed by atoms with van der Waals surface area (Å²) >= 11 is 1.75. The van der Waals surface area contributed by atoms with E-state index in [-0.39, 0.29) is 6.04 Å². The minimum absolute atomic E-state index is 0.240. The maximum Gasteiger partial charge on any atom is 0.163 e. The van der Waals surface area contributed by atoms with Gasteiger partial charge in [0.15, 0.2) is 11.5 Å². The van der Waals surface area contributed by atoms with Crippen molar-refractivity contribution in [2.45, 2.75) is 45.2 Å². The quantitative estimate of drug-likeness (QED) is 0.825. The van der Waals surface area contributed by atoms with Crippen LogP contribution in [-0.4, -0.2) is 19.2 Å². The second-order valence-corrected chi connectivity index (χ2v) is 6.99. The van der Waals surface area contributed by atoms with Gasteiger partial charge in [0.25, 0.3) is 0 Å². The van der Waals surface area contributed by atoms with E-state index < -0.39 is 0 Å². The highest BCUT2D eigenvalue weighted by molar-refractivity contribution is 7.09. The molecule has 124 valence electrons. The van der Waals surface area contributed by atoms with Gasteiger partial charge in [-0.15, -0.1) is 11.3 Å². The van der Waals surface area contributed by atoms with Crippen molar-refractivity contribution in [1.82, 2.24) is 10.3 Å². The topological polar surface area (TPSA) is 43.4 Å². The Labute approximate surface area is 141 Å². The molecule has 1 aliphatic carbocycles. The first-order valence-electron chi connectivity index (χ1n) is 8.02. The largest absolute Gasteiger partial charge is 0.493 e. The van der Waals surface area contributed by atoms with Crippen LogP contribution in [0.1, 0.15) is 53.4 Å². The molecule has 1 aromatic carbocycles. The fourth-order valence-electron chi connectivity index (χ4n) is 3.02. The molecule has 4 nitrogen and oxygen atoms in total. The maximum absolute atomic E-state index is 5.51. The molecule has 3 rings (SSSR count). The van der Waals surface area contributed by atoms with Crippen LogP contribution in [0.4, 0.5) is 0 Å². The molecule has 23 heavy (non-hydrogen) atoms. The van der Waals surface area contributed by atoms with Crippen molar-refractivity contribution in [2.75, 3.05) is 14.2 Å². The molecule has 1 unspecified atom stereocenters. The average Bonchev–Trinajstić information content (AvgIpc) is 3.30. The molecular formula is C18H24N2O2S. The van der Waals surface area contributed by atoms with Crippen molar-refractivity contribution in [1.29, 1.82) is 0 Å². The van der Waals surface area contributed by atoms with Gasteiger partial charge in [-0.1, -0.05) is 6.07 Å². The summed E-state index contributed by atoms with van der Waals surface area (Å²) in [5.74, 6) is 2.30. The lowest BCUT2D eigenvalue weighted by atomic mass is 10.0. The van der Waals surface area contributed by atoms with Crippen LogP contribution in [0, 0.1) is 6.92 Å². The van der Waals surface area contributed by atoms with E-state index >= 15 is 0 Å². The summed E-state index contributed by atoms with van der Waals surface area (Å²) in [5, 5.41) is 3.63. The molecule has 1 heterocycles. The lowest BCUT2D eigenvalue weighted by Gasteiger charge is -2.20. The number of nitrogens with zero attached hydrogens (tertiary/aromatic N) is 1. The first kappa shape index (κ1) is 16.3. The first-order valence-corrected chi connectivity index (χ1v) is 8.90. The molecule has 0 amide bonds. The summed E-state index contributed by atoms with van der Waals surface area (Å²) in [6.45, 7) is 5.13. The van der Waals surface area contributed by atoms with Gasteiger partial charge in [-0.05, 0) is 43.9 Å². The maximum atomic E-state index is 5.51. The molecule has 1 N–H and O–H groups in total. The van der Waals surface area contributed by atoms with Gasteiger partial charge < -0.3 is 14.8 Å². The van der Waals surface area contributed by atoms with Gasteiger partial charge >= 0.3 is 0 Å². The Morgan fingerprint density at radius 1 is 1.30 bits per heavy atom. The third-order valence-electron chi connectivity index (χ3n) is 4.51. The Bertz CT molecular complexity index is 680. The Morgan fingerprint density at radius 3 is 2.74 bits per heavy atom. The Kier molecular flexibility index (Phi) is 4.87. The Morgan fingerprint density at radius 2 is 2.09 bits per heavy atom. The van der Waals surface area contributed by atoms with Gasteiger partial charge in [0.1, 0.15) is 0 Å². The second kappa shape index (κ2) is 6.89. The zero-order chi connectivity index (χ0) is 16.4. The van der Waals surface area contributed by atoms with Crippen LogP contribution < -0.4 is 14.8 Å². The zero-order valence-electron chi connectivity index (χ0n) is 14.2. The molecule has 1 fully saturated rings. The number of methoxy groups -OCH3 is 2. The van der Waals surface area contributed by atoms with Crippen LogP contribution in [0.15, 0.2) is 17.6 Å². The third-order valence-corrected chi connectivity index (χ3v) is 5.36. The monoisotopic (exact) mass is 332 g/mol. The van der Waals surface area contributed by atoms with Crippen LogP contribution in [-0.2, 0) is 6.54 Å². The van der Waals surface area contributed by atoms with E-state index in [9.17, 15) is 0 Å². The SMILES string of the molecule is COc1ccc(C(C)NCc2scnc2C2CC2)c(C)c1OC. The molecule has 0 aliphatic heterocycles. The van der Waals surface area contributed by atoms with E-state index in [4.69, 9.17) is 9.47 Å². The van der Waals surface area contributed by atoms with E-state index in [1.165, 1.54) is 29.0 Å². The summed E-state index contributed by atoms with van der Waals surface area (Å²) in [7, 11) is 3.35. The highest BCUT2D eigenvalue weighted by Gasteiger charge is 2.28. The van der Waals surface area contributed by atoms with Crippen LogP contribution in [0.5, 0.6) is 11.5 Å². The van der Waals surface area contributed by atoms with E-state index in [2.05, 4.69) is 30.2 Å². The van der Waals surface area contributed by atoms with Crippen LogP contribution >= 0.6 is 11.3 Å². The minimum atomic E-state index is 0.240. The van der Waals surface area contributed by atoms with Gasteiger partial charge in [-0.2, -0.15) is 0 Å². The van der Waals surface area contributed by atoms with Gasteiger partial charge in [0.2, 0.25) is 0 Å². The van der Waals surface area contributed by atoms with Crippen molar-refractivity contribution in [2.24, 2.45) is 0 Å². The molecule has 1 atom stereocenters. The predicted octanol–water partition coefficient (Wildman–Crippen LogP) is 4.20. The number of hydrogen-bond donors (Lipinski definition) is 1. The van der Waals surface area contributed by atoms with Gasteiger partial charge in [-0.3, -0.25) is 0 Å². The molecular weight excluding hydrogens is 308 g/mol. The van der Waals surface area contributed by atoms with E-state index in [1.54, 1.807) is 25.6 Å². The fourth-order valence-corrected chi connectivity index (χ4v) is 3.82. The lowest BCUT2D eigenvalue weighted by Crippen LogP contribution is -2.19. The average molecular weight is 332 g/mol. The summed E-state index contributed by atoms with van der Waals surface area (Å²) in [6, 6.07) is 4.33. The highest BCUT2D eigenvalue weighted by atomic mass is 32.1. The second-order valence-electron chi connectivity index (χ2n) is 6.05. The molecule has 1 saturated carbocycles. The molecule has 1 aromatic heterocycles. The number of benzene rings is 1. The van der Waals surface area contributed by atoms with Gasteiger partial charge in [0.05, 0.1) is 25.4 Å². The smallest absolute Gasteiger partial charge is 0.163 e. The normalized spacial score (nSPS) is 15.5. The number of aromatic nitrogens is 1. The minimum Gasteiger partial charge on any atom is -0.493 e. The van der Waals surface area contributed by atoms with Crippen molar-refractivity contribution in [3.8, 4) is 11.5 Å². The molecule has 0 saturated heterocycles. The number of hydrogen-bond acceptors (Lipinski definition) is 5. The van der Waals surface area contributed by atoms with Gasteiger partial charge in [0, 0.05) is 23.4 Å². The summed E-state index contributed by atoms with van der Waals surface area (Å²) in [4.78, 5) is 5.91. The van der Waals surface area contributed by atoms with E-state index in [0.29, 0.717) is 5.92 Å². The van der Waals surface area contributed by atoms with Gasteiger partial charge in [-0.25, -0.2) is 4.98 Å². The molecule has 0 spiro atoms. The summed E-state index contributed by atoms with van der Waals surface area (Å²) < 4.78 is 10.9. The number of nitrogens with one attached hydrogen (secondary N) is 1. The van der Waals surface area contributed by atoms with Crippen molar-refractivity contribution in [3.05, 3.63) is 39.3 Å². The molecule has 0 radical (unpaired) electrons. The Hall–Kier alpha value is -1.59. The molecule has 5 heteroatoms. The molecule has 0 bridgehead atoms. The number of thiazole rings is 1. The predicted molar refractivity (Wildman–Crippen MR) is 93.6 cm³/mol. The van der Waals surface area contributed by atoms with E-state index in [1.807, 2.05) is 11.6 Å². The van der Waals surface area contributed by atoms with E-state index in [0.717, 1.165) is 23.6 Å². The van der Waals surface area contributed by atoms with Crippen molar-refractivity contribution in [3.63, 3.8) is 0 Å². The Balaban J connectivity index is 1.73. The standard InChI is InChI=1S/C18H24N2O2S/c1-11-14(7-8-15(21-3)18(11)22-4)12(2)19-9-16-17(13-5-6-13)20-10-23-16/h7-8,10,12-13,19H,5-6,9H2,1-4H3. The molecule has 2 aromatic rings. The van der Waals surface area contributed by atoms with Crippen molar-refractivity contribution < 1.29 is 9.47 Å². The van der Waals surface area contributed by atoms with Crippen molar-refractivity contribution >= 4 is 11.3 Å². The van der Waals surface area contributed by atoms with Crippen LogP contribution in [0.25, 0.3) is 0 Å². The summed E-state index contributed by atoms with van der Waals surface area (Å²) in [5.41, 5.74) is 5.63. The zero-order valence-corrected chi connectivity index (χ0v) is 15.0. The highest BCUT2D eigenvalue weighted by Crippen LogP contribution is 2.42.